The number of sulfonamides is 1. The molecule has 0 saturated heterocycles. The third kappa shape index (κ3) is 2.59. The zero-order valence-electron chi connectivity index (χ0n) is 8.33. The first-order chi connectivity index (χ1) is 6.99. The average Bonchev–Trinajstić information content (AvgIpc) is 2.92. The molecule has 82 valence electrons. The predicted octanol–water partition coefficient (Wildman–Crippen LogP) is 2.20. The molecule has 0 heterocycles. The Bertz CT molecular complexity index is 480. The van der Waals surface area contributed by atoms with E-state index >= 15 is 0 Å². The Balaban J connectivity index is 2.31. The van der Waals surface area contributed by atoms with E-state index in [-0.39, 0.29) is 6.04 Å². The molecule has 1 saturated carbocycles. The van der Waals surface area contributed by atoms with Crippen molar-refractivity contribution in [3.8, 4) is 0 Å². The van der Waals surface area contributed by atoms with Crippen molar-refractivity contribution in [1.29, 1.82) is 0 Å². The van der Waals surface area contributed by atoms with Crippen molar-refractivity contribution in [1.82, 2.24) is 4.72 Å². The number of nitrogens with one attached hydrogen (secondary N) is 1. The molecule has 2 rings (SSSR count). The van der Waals surface area contributed by atoms with E-state index < -0.39 is 10.0 Å². The summed E-state index contributed by atoms with van der Waals surface area (Å²) in [7, 11) is -3.31. The van der Waals surface area contributed by atoms with Crippen LogP contribution in [-0.2, 0) is 10.0 Å². The number of hydrogen-bond donors (Lipinski definition) is 1. The van der Waals surface area contributed by atoms with Gasteiger partial charge in [0.25, 0.3) is 0 Å². The van der Waals surface area contributed by atoms with Crippen LogP contribution in [-0.4, -0.2) is 14.5 Å². The summed E-state index contributed by atoms with van der Waals surface area (Å²) in [6, 6.07) is 5.20. The Hall–Kier alpha value is -0.390. The first-order valence-corrected chi connectivity index (χ1v) is 7.05. The van der Waals surface area contributed by atoms with Crippen LogP contribution in [0.1, 0.15) is 18.4 Å². The number of halogens is 1. The van der Waals surface area contributed by atoms with Crippen LogP contribution in [0.25, 0.3) is 0 Å². The number of aryl methyl sites for hydroxylation is 1. The van der Waals surface area contributed by atoms with Crippen molar-refractivity contribution in [2.45, 2.75) is 30.7 Å². The van der Waals surface area contributed by atoms with Crippen molar-refractivity contribution in [2.24, 2.45) is 0 Å². The lowest BCUT2D eigenvalue weighted by molar-refractivity contribution is 0.581. The summed E-state index contributed by atoms with van der Waals surface area (Å²) in [5.41, 5.74) is 0.925. The van der Waals surface area contributed by atoms with E-state index in [1.54, 1.807) is 18.2 Å². The standard InChI is InChI=1S/C10H12BrNO2S/c1-7-6-9(4-5-10(7)11)15(13,14)12-8-2-3-8/h4-6,8,12H,2-3H2,1H3. The second-order valence-corrected chi connectivity index (χ2v) is 6.37. The summed E-state index contributed by atoms with van der Waals surface area (Å²) >= 11 is 3.34. The zero-order chi connectivity index (χ0) is 11.1. The summed E-state index contributed by atoms with van der Waals surface area (Å²) in [5, 5.41) is 0. The largest absolute Gasteiger partial charge is 0.240 e. The zero-order valence-corrected chi connectivity index (χ0v) is 10.7. The van der Waals surface area contributed by atoms with Crippen LogP contribution in [0.15, 0.2) is 27.6 Å². The van der Waals surface area contributed by atoms with Gasteiger partial charge in [-0.25, -0.2) is 13.1 Å². The average molecular weight is 290 g/mol. The quantitative estimate of drug-likeness (QED) is 0.927. The van der Waals surface area contributed by atoms with Crippen LogP contribution < -0.4 is 4.72 Å². The molecular formula is C10H12BrNO2S. The molecule has 0 unspecified atom stereocenters. The van der Waals surface area contributed by atoms with Crippen molar-refractivity contribution in [3.05, 3.63) is 28.2 Å². The fourth-order valence-electron chi connectivity index (χ4n) is 1.27. The maximum Gasteiger partial charge on any atom is 0.240 e. The summed E-state index contributed by atoms with van der Waals surface area (Å²) in [4.78, 5) is 0.343. The summed E-state index contributed by atoms with van der Waals surface area (Å²) in [5.74, 6) is 0. The lowest BCUT2D eigenvalue weighted by Crippen LogP contribution is -2.25. The van der Waals surface area contributed by atoms with Crippen LogP contribution in [0.3, 0.4) is 0 Å². The highest BCUT2D eigenvalue weighted by Gasteiger charge is 2.27. The van der Waals surface area contributed by atoms with E-state index in [0.29, 0.717) is 4.90 Å². The molecule has 0 aromatic heterocycles. The van der Waals surface area contributed by atoms with Gasteiger partial charge >= 0.3 is 0 Å². The van der Waals surface area contributed by atoms with E-state index in [9.17, 15) is 8.42 Å². The van der Waals surface area contributed by atoms with Gasteiger partial charge in [-0.15, -0.1) is 0 Å². The van der Waals surface area contributed by atoms with Crippen LogP contribution in [0.4, 0.5) is 0 Å². The van der Waals surface area contributed by atoms with Gasteiger partial charge in [0.15, 0.2) is 0 Å². The molecule has 0 spiro atoms. The predicted molar refractivity (Wildman–Crippen MR) is 62.2 cm³/mol. The maximum absolute atomic E-state index is 11.8. The molecule has 3 nitrogen and oxygen atoms in total. The third-order valence-corrected chi connectivity index (χ3v) is 4.75. The third-order valence-electron chi connectivity index (χ3n) is 2.34. The van der Waals surface area contributed by atoms with Crippen LogP contribution in [0, 0.1) is 6.92 Å². The molecule has 1 aliphatic rings. The van der Waals surface area contributed by atoms with Gasteiger partial charge in [0.2, 0.25) is 10.0 Å². The van der Waals surface area contributed by atoms with Gasteiger partial charge in [0.1, 0.15) is 0 Å². The molecule has 15 heavy (non-hydrogen) atoms. The summed E-state index contributed by atoms with van der Waals surface area (Å²) in [6.07, 6.45) is 1.91. The topological polar surface area (TPSA) is 46.2 Å². The highest BCUT2D eigenvalue weighted by molar-refractivity contribution is 9.10. The molecule has 0 atom stereocenters. The number of benzene rings is 1. The minimum Gasteiger partial charge on any atom is -0.208 e. The van der Waals surface area contributed by atoms with Gasteiger partial charge in [0, 0.05) is 10.5 Å². The molecule has 0 amide bonds. The molecule has 1 aromatic carbocycles. The Morgan fingerprint density at radius 1 is 1.40 bits per heavy atom. The molecule has 1 N–H and O–H groups in total. The minimum atomic E-state index is -3.31. The number of rotatable bonds is 3. The second kappa shape index (κ2) is 3.88. The first-order valence-electron chi connectivity index (χ1n) is 4.77. The van der Waals surface area contributed by atoms with Crippen LogP contribution in [0.5, 0.6) is 0 Å². The number of hydrogen-bond acceptors (Lipinski definition) is 2. The van der Waals surface area contributed by atoms with Crippen LogP contribution in [0.2, 0.25) is 0 Å². The van der Waals surface area contributed by atoms with Gasteiger partial charge < -0.3 is 0 Å². The minimum absolute atomic E-state index is 0.152. The van der Waals surface area contributed by atoms with Gasteiger partial charge in [-0.3, -0.25) is 0 Å². The van der Waals surface area contributed by atoms with Gasteiger partial charge in [0.05, 0.1) is 4.90 Å². The fraction of sp³-hybridized carbons (Fsp3) is 0.400. The van der Waals surface area contributed by atoms with Crippen molar-refractivity contribution < 1.29 is 8.42 Å². The van der Waals surface area contributed by atoms with Crippen molar-refractivity contribution in [2.75, 3.05) is 0 Å². The Labute approximate surface area is 98.1 Å². The van der Waals surface area contributed by atoms with Gasteiger partial charge in [-0.05, 0) is 43.5 Å². The smallest absolute Gasteiger partial charge is 0.208 e. The molecule has 1 aliphatic carbocycles. The molecule has 1 fully saturated rings. The molecule has 0 bridgehead atoms. The van der Waals surface area contributed by atoms with E-state index in [1.807, 2.05) is 6.92 Å². The van der Waals surface area contributed by atoms with Gasteiger partial charge in [-0.2, -0.15) is 0 Å². The van der Waals surface area contributed by atoms with E-state index in [4.69, 9.17) is 0 Å². The first kappa shape index (κ1) is 11.1. The van der Waals surface area contributed by atoms with Gasteiger partial charge in [-0.1, -0.05) is 15.9 Å². The van der Waals surface area contributed by atoms with E-state index in [0.717, 1.165) is 22.9 Å². The van der Waals surface area contributed by atoms with E-state index in [2.05, 4.69) is 20.7 Å². The SMILES string of the molecule is Cc1cc(S(=O)(=O)NC2CC2)ccc1Br. The highest BCUT2D eigenvalue weighted by atomic mass is 79.9. The van der Waals surface area contributed by atoms with E-state index in [1.165, 1.54) is 0 Å². The maximum atomic E-state index is 11.8. The Morgan fingerprint density at radius 2 is 2.07 bits per heavy atom. The molecular weight excluding hydrogens is 278 g/mol. The fourth-order valence-corrected chi connectivity index (χ4v) is 2.91. The lowest BCUT2D eigenvalue weighted by Gasteiger charge is -2.06. The normalized spacial score (nSPS) is 16.7. The van der Waals surface area contributed by atoms with Crippen molar-refractivity contribution in [3.63, 3.8) is 0 Å². The highest BCUT2D eigenvalue weighted by Crippen LogP contribution is 2.24. The molecule has 1 aromatic rings. The monoisotopic (exact) mass is 289 g/mol. The summed E-state index contributed by atoms with van der Waals surface area (Å²) in [6.45, 7) is 1.88. The molecule has 5 heteroatoms. The van der Waals surface area contributed by atoms with Crippen LogP contribution >= 0.6 is 15.9 Å². The second-order valence-electron chi connectivity index (χ2n) is 3.81. The molecule has 0 aliphatic heterocycles. The summed E-state index contributed by atoms with van der Waals surface area (Å²) < 4.78 is 27.2. The van der Waals surface area contributed by atoms with Crippen molar-refractivity contribution >= 4 is 26.0 Å². The Kier molecular flexibility index (Phi) is 2.87. The lowest BCUT2D eigenvalue weighted by atomic mass is 10.2. The Morgan fingerprint density at radius 3 is 2.60 bits per heavy atom. The molecule has 0 radical (unpaired) electrons.